The third-order valence-electron chi connectivity index (χ3n) is 3.11. The van der Waals surface area contributed by atoms with Gasteiger partial charge in [-0.15, -0.1) is 0 Å². The summed E-state index contributed by atoms with van der Waals surface area (Å²) in [6.45, 7) is 1.72. The first-order valence-electron chi connectivity index (χ1n) is 5.87. The van der Waals surface area contributed by atoms with Crippen LogP contribution in [0.4, 0.5) is 10.3 Å². The molecule has 1 heterocycles. The molecule has 6 heteroatoms. The second kappa shape index (κ2) is 4.86. The Hall–Kier alpha value is -1.40. The number of imidazole rings is 1. The molecule has 3 aromatic rings. The molecule has 0 fully saturated rings. The molecular weight excluding hydrogens is 389 g/mol. The first kappa shape index (κ1) is 13.6. The Morgan fingerprint density at radius 1 is 1.20 bits per heavy atom. The van der Waals surface area contributed by atoms with Crippen molar-refractivity contribution in [3.8, 4) is 5.69 Å². The molecule has 0 unspecified atom stereocenters. The van der Waals surface area contributed by atoms with E-state index in [4.69, 9.17) is 5.73 Å². The molecule has 0 saturated carbocycles. The van der Waals surface area contributed by atoms with Crippen molar-refractivity contribution in [1.82, 2.24) is 9.55 Å². The molecular formula is C14H10Br2FN3. The van der Waals surface area contributed by atoms with Crippen molar-refractivity contribution in [3.05, 3.63) is 50.7 Å². The molecule has 0 bridgehead atoms. The number of anilines is 1. The van der Waals surface area contributed by atoms with E-state index in [0.29, 0.717) is 17.0 Å². The van der Waals surface area contributed by atoms with Gasteiger partial charge in [-0.05, 0) is 52.7 Å². The van der Waals surface area contributed by atoms with Gasteiger partial charge in [-0.1, -0.05) is 15.9 Å². The zero-order valence-electron chi connectivity index (χ0n) is 10.5. The van der Waals surface area contributed by atoms with Gasteiger partial charge in [0.2, 0.25) is 5.95 Å². The van der Waals surface area contributed by atoms with E-state index in [9.17, 15) is 4.39 Å². The van der Waals surface area contributed by atoms with Crippen LogP contribution >= 0.6 is 31.9 Å². The minimum absolute atomic E-state index is 0.282. The third kappa shape index (κ3) is 2.13. The van der Waals surface area contributed by atoms with Crippen LogP contribution in [0.5, 0.6) is 0 Å². The summed E-state index contributed by atoms with van der Waals surface area (Å²) in [6.07, 6.45) is 0. The Morgan fingerprint density at radius 2 is 1.95 bits per heavy atom. The van der Waals surface area contributed by atoms with Crippen molar-refractivity contribution in [2.24, 2.45) is 0 Å². The number of rotatable bonds is 1. The summed E-state index contributed by atoms with van der Waals surface area (Å²) < 4.78 is 17.2. The highest BCUT2D eigenvalue weighted by Gasteiger charge is 2.14. The molecule has 1 aromatic heterocycles. The number of hydrogen-bond acceptors (Lipinski definition) is 2. The zero-order chi connectivity index (χ0) is 14.4. The molecule has 3 nitrogen and oxygen atoms in total. The molecule has 0 aliphatic heterocycles. The van der Waals surface area contributed by atoms with Crippen molar-refractivity contribution < 1.29 is 4.39 Å². The Balaban J connectivity index is 2.38. The fraction of sp³-hybridized carbons (Fsp3) is 0.0714. The van der Waals surface area contributed by atoms with E-state index in [2.05, 4.69) is 36.8 Å². The highest BCUT2D eigenvalue weighted by Crippen LogP contribution is 2.31. The van der Waals surface area contributed by atoms with Gasteiger partial charge in [0.05, 0.1) is 16.7 Å². The lowest BCUT2D eigenvalue weighted by Crippen LogP contribution is -2.01. The molecule has 2 aromatic carbocycles. The molecule has 2 N–H and O–H groups in total. The average molecular weight is 399 g/mol. The van der Waals surface area contributed by atoms with Crippen molar-refractivity contribution in [3.63, 3.8) is 0 Å². The van der Waals surface area contributed by atoms with E-state index in [1.54, 1.807) is 17.6 Å². The topological polar surface area (TPSA) is 43.8 Å². The largest absolute Gasteiger partial charge is 0.369 e. The quantitative estimate of drug-likeness (QED) is 0.651. The number of hydrogen-bond donors (Lipinski definition) is 1. The predicted octanol–water partition coefficient (Wildman–Crippen LogP) is 4.58. The van der Waals surface area contributed by atoms with Crippen LogP contribution in [0.25, 0.3) is 16.7 Å². The summed E-state index contributed by atoms with van der Waals surface area (Å²) in [4.78, 5) is 4.23. The lowest BCUT2D eigenvalue weighted by molar-refractivity contribution is 0.620. The third-order valence-corrected chi connectivity index (χ3v) is 4.27. The maximum atomic E-state index is 13.6. The summed E-state index contributed by atoms with van der Waals surface area (Å²) in [7, 11) is 0. The number of fused-ring (bicyclic) bond motifs is 1. The molecule has 20 heavy (non-hydrogen) atoms. The van der Waals surface area contributed by atoms with Crippen LogP contribution in [0.2, 0.25) is 0 Å². The SMILES string of the molecule is Cc1cc2c(cc1F)nc(N)n2-c1cc(Br)ccc1Br. The Labute approximate surface area is 131 Å². The lowest BCUT2D eigenvalue weighted by atomic mass is 10.2. The molecule has 0 saturated heterocycles. The highest BCUT2D eigenvalue weighted by molar-refractivity contribution is 9.11. The minimum Gasteiger partial charge on any atom is -0.369 e. The molecule has 3 rings (SSSR count). The summed E-state index contributed by atoms with van der Waals surface area (Å²) in [5.74, 6) is 0.0410. The van der Waals surface area contributed by atoms with E-state index >= 15 is 0 Å². The standard InChI is InChI=1S/C14H10Br2FN3/c1-7-4-13-11(6-10(7)17)19-14(18)20(13)12-5-8(15)2-3-9(12)16/h2-6H,1H3,(H2,18,19). The van der Waals surface area contributed by atoms with E-state index < -0.39 is 0 Å². The van der Waals surface area contributed by atoms with E-state index in [0.717, 1.165) is 20.1 Å². The first-order chi connectivity index (χ1) is 9.47. The summed E-state index contributed by atoms with van der Waals surface area (Å²) >= 11 is 6.95. The lowest BCUT2D eigenvalue weighted by Gasteiger charge is -2.10. The Kier molecular flexibility index (Phi) is 3.30. The maximum absolute atomic E-state index is 13.6. The number of aromatic nitrogens is 2. The number of aryl methyl sites for hydroxylation is 1. The monoisotopic (exact) mass is 397 g/mol. The molecule has 0 aliphatic rings. The smallest absolute Gasteiger partial charge is 0.205 e. The summed E-state index contributed by atoms with van der Waals surface area (Å²) in [5, 5.41) is 0. The van der Waals surface area contributed by atoms with Crippen LogP contribution in [0, 0.1) is 12.7 Å². The van der Waals surface area contributed by atoms with Gasteiger partial charge in [0.15, 0.2) is 0 Å². The number of benzene rings is 2. The predicted molar refractivity (Wildman–Crippen MR) is 85.6 cm³/mol. The van der Waals surface area contributed by atoms with Gasteiger partial charge in [0.25, 0.3) is 0 Å². The van der Waals surface area contributed by atoms with E-state index in [1.165, 1.54) is 6.07 Å². The highest BCUT2D eigenvalue weighted by atomic mass is 79.9. The van der Waals surface area contributed by atoms with Gasteiger partial charge in [-0.3, -0.25) is 4.57 Å². The van der Waals surface area contributed by atoms with Crippen LogP contribution in [0.15, 0.2) is 39.3 Å². The van der Waals surface area contributed by atoms with Gasteiger partial charge in [-0.25, -0.2) is 9.37 Å². The number of nitrogen functional groups attached to an aromatic ring is 1. The molecule has 0 spiro atoms. The Bertz CT molecular complexity index is 827. The van der Waals surface area contributed by atoms with Crippen LogP contribution in [0.1, 0.15) is 5.56 Å². The Morgan fingerprint density at radius 3 is 2.70 bits per heavy atom. The zero-order valence-corrected chi connectivity index (χ0v) is 13.7. The van der Waals surface area contributed by atoms with Crippen molar-refractivity contribution in [2.45, 2.75) is 6.92 Å². The van der Waals surface area contributed by atoms with Crippen molar-refractivity contribution in [1.29, 1.82) is 0 Å². The van der Waals surface area contributed by atoms with Crippen molar-refractivity contribution in [2.75, 3.05) is 5.73 Å². The van der Waals surface area contributed by atoms with Gasteiger partial charge < -0.3 is 5.73 Å². The minimum atomic E-state index is -0.282. The van der Waals surface area contributed by atoms with E-state index in [-0.39, 0.29) is 5.82 Å². The number of halogens is 3. The fourth-order valence-corrected chi connectivity index (χ4v) is 2.90. The molecule has 0 radical (unpaired) electrons. The first-order valence-corrected chi connectivity index (χ1v) is 7.45. The molecule has 102 valence electrons. The molecule has 0 amide bonds. The molecule has 0 aliphatic carbocycles. The fourth-order valence-electron chi connectivity index (χ4n) is 2.13. The number of nitrogens with zero attached hydrogens (tertiary/aromatic N) is 2. The number of nitrogens with two attached hydrogens (primary N) is 1. The normalized spacial score (nSPS) is 11.2. The summed E-state index contributed by atoms with van der Waals surface area (Å²) in [6, 6.07) is 8.93. The van der Waals surface area contributed by atoms with Gasteiger partial charge in [-0.2, -0.15) is 0 Å². The van der Waals surface area contributed by atoms with Crippen molar-refractivity contribution >= 4 is 48.8 Å². The molecule has 0 atom stereocenters. The van der Waals surface area contributed by atoms with Crippen LogP contribution in [-0.4, -0.2) is 9.55 Å². The maximum Gasteiger partial charge on any atom is 0.205 e. The van der Waals surface area contributed by atoms with Gasteiger partial charge >= 0.3 is 0 Å². The van der Waals surface area contributed by atoms with Gasteiger partial charge in [0, 0.05) is 15.0 Å². The van der Waals surface area contributed by atoms with Crippen LogP contribution in [0.3, 0.4) is 0 Å². The van der Waals surface area contributed by atoms with Crippen LogP contribution in [-0.2, 0) is 0 Å². The van der Waals surface area contributed by atoms with E-state index in [1.807, 2.05) is 18.2 Å². The van der Waals surface area contributed by atoms with Gasteiger partial charge in [0.1, 0.15) is 5.82 Å². The summed E-state index contributed by atoms with van der Waals surface area (Å²) in [5.41, 5.74) is 8.73. The average Bonchev–Trinajstić information content (AvgIpc) is 2.69. The second-order valence-corrected chi connectivity index (χ2v) is 6.26. The van der Waals surface area contributed by atoms with Crippen LogP contribution < -0.4 is 5.73 Å². The second-order valence-electron chi connectivity index (χ2n) is 4.49.